The Hall–Kier alpha value is -3.14. The lowest BCUT2D eigenvalue weighted by Crippen LogP contribution is -2.48. The van der Waals surface area contributed by atoms with Gasteiger partial charge in [0.05, 0.1) is 38.4 Å². The second-order valence-corrected chi connectivity index (χ2v) is 9.69. The highest BCUT2D eigenvalue weighted by molar-refractivity contribution is 5.79. The summed E-state index contributed by atoms with van der Waals surface area (Å²) in [6.07, 6.45) is 1.88. The van der Waals surface area contributed by atoms with Gasteiger partial charge in [0.2, 0.25) is 5.91 Å². The number of hydrogen-bond acceptors (Lipinski definition) is 6. The molecule has 0 spiro atoms. The van der Waals surface area contributed by atoms with Crippen LogP contribution in [0.2, 0.25) is 0 Å². The van der Waals surface area contributed by atoms with Crippen molar-refractivity contribution in [3.63, 3.8) is 0 Å². The van der Waals surface area contributed by atoms with Crippen LogP contribution in [0, 0.1) is 0 Å². The van der Waals surface area contributed by atoms with E-state index in [4.69, 9.17) is 14.2 Å². The van der Waals surface area contributed by atoms with E-state index in [-0.39, 0.29) is 24.1 Å². The van der Waals surface area contributed by atoms with Gasteiger partial charge in [0.25, 0.3) is 0 Å². The topological polar surface area (TPSA) is 92.4 Å². The monoisotopic (exact) mass is 494 g/mol. The first-order chi connectivity index (χ1) is 17.6. The molecule has 9 nitrogen and oxygen atoms in total. The Morgan fingerprint density at radius 1 is 1.08 bits per heavy atom. The first kappa shape index (κ1) is 24.5. The summed E-state index contributed by atoms with van der Waals surface area (Å²) in [6.45, 7) is 2.99. The SMILES string of the molecule is COCCNC(=O)N1C[C@@H]2NC(=O)CN(C3CC3)Cc3cccc(c3)Oc3cccc(c3)CO[C@H]2C1. The maximum absolute atomic E-state index is 13.1. The number of carbonyl (C=O) groups is 2. The van der Waals surface area contributed by atoms with Crippen molar-refractivity contribution < 1.29 is 23.8 Å². The first-order valence-corrected chi connectivity index (χ1v) is 12.6. The molecule has 3 amide bonds. The summed E-state index contributed by atoms with van der Waals surface area (Å²) in [5.74, 6) is 1.46. The molecule has 2 aromatic carbocycles. The van der Waals surface area contributed by atoms with Crippen LogP contribution in [0.3, 0.4) is 0 Å². The molecule has 2 fully saturated rings. The van der Waals surface area contributed by atoms with E-state index in [1.807, 2.05) is 42.5 Å². The molecule has 0 radical (unpaired) electrons. The van der Waals surface area contributed by atoms with Gasteiger partial charge in [0, 0.05) is 32.8 Å². The van der Waals surface area contributed by atoms with Crippen LogP contribution in [0.1, 0.15) is 24.0 Å². The van der Waals surface area contributed by atoms with Crippen molar-refractivity contribution in [2.45, 2.75) is 44.2 Å². The molecule has 1 saturated carbocycles. The second kappa shape index (κ2) is 11.3. The van der Waals surface area contributed by atoms with Crippen LogP contribution in [-0.4, -0.2) is 79.8 Å². The minimum absolute atomic E-state index is 0.0522. The van der Waals surface area contributed by atoms with Gasteiger partial charge in [-0.2, -0.15) is 0 Å². The van der Waals surface area contributed by atoms with Crippen LogP contribution in [0.15, 0.2) is 48.5 Å². The van der Waals surface area contributed by atoms with E-state index in [1.54, 1.807) is 12.0 Å². The van der Waals surface area contributed by atoms with Gasteiger partial charge in [0.1, 0.15) is 11.5 Å². The van der Waals surface area contributed by atoms with Gasteiger partial charge >= 0.3 is 6.03 Å². The Morgan fingerprint density at radius 3 is 2.58 bits per heavy atom. The summed E-state index contributed by atoms with van der Waals surface area (Å²) in [5.41, 5.74) is 2.07. The van der Waals surface area contributed by atoms with Gasteiger partial charge in [-0.3, -0.25) is 9.69 Å². The molecule has 36 heavy (non-hydrogen) atoms. The van der Waals surface area contributed by atoms with Crippen molar-refractivity contribution in [2.75, 3.05) is 39.9 Å². The third kappa shape index (κ3) is 6.34. The number of methoxy groups -OCH3 is 1. The van der Waals surface area contributed by atoms with E-state index in [0.29, 0.717) is 52.0 Å². The largest absolute Gasteiger partial charge is 0.457 e. The lowest BCUT2D eigenvalue weighted by molar-refractivity contribution is -0.124. The van der Waals surface area contributed by atoms with Gasteiger partial charge in [0.15, 0.2) is 0 Å². The molecule has 2 aliphatic heterocycles. The highest BCUT2D eigenvalue weighted by Crippen LogP contribution is 2.30. The van der Waals surface area contributed by atoms with Crippen molar-refractivity contribution in [1.82, 2.24) is 20.4 Å². The number of rotatable bonds is 4. The molecule has 0 unspecified atom stereocenters. The van der Waals surface area contributed by atoms with E-state index in [1.165, 1.54) is 0 Å². The summed E-state index contributed by atoms with van der Waals surface area (Å²) < 4.78 is 17.4. The molecule has 2 aromatic rings. The van der Waals surface area contributed by atoms with Crippen molar-refractivity contribution in [3.8, 4) is 11.5 Å². The predicted octanol–water partition coefficient (Wildman–Crippen LogP) is 2.50. The van der Waals surface area contributed by atoms with E-state index in [2.05, 4.69) is 21.6 Å². The number of nitrogens with one attached hydrogen (secondary N) is 2. The smallest absolute Gasteiger partial charge is 0.317 e. The maximum Gasteiger partial charge on any atom is 0.317 e. The predicted molar refractivity (Wildman–Crippen MR) is 134 cm³/mol. The number of amides is 3. The minimum atomic E-state index is -0.318. The van der Waals surface area contributed by atoms with Crippen molar-refractivity contribution >= 4 is 11.9 Å². The van der Waals surface area contributed by atoms with Gasteiger partial charge in [-0.25, -0.2) is 4.79 Å². The Morgan fingerprint density at radius 2 is 1.83 bits per heavy atom. The standard InChI is InChI=1S/C27H34N4O5/c1-34-11-10-28-27(33)31-15-24-25(16-31)35-18-20-5-3-7-23(13-20)36-22-6-2-4-19(12-22)14-30(21-8-9-21)17-26(32)29-24/h2-7,12-13,21,24-25H,8-11,14-18H2,1H3,(H,28,33)(H,29,32)/t24-,25-/m0/s1. The molecule has 3 aliphatic rings. The summed E-state index contributed by atoms with van der Waals surface area (Å²) >= 11 is 0. The average Bonchev–Trinajstić information content (AvgIpc) is 3.64. The molecule has 2 atom stereocenters. The summed E-state index contributed by atoms with van der Waals surface area (Å²) in [5, 5.41) is 6.02. The molecule has 0 aromatic heterocycles. The number of ether oxygens (including phenoxy) is 3. The van der Waals surface area contributed by atoms with Crippen LogP contribution < -0.4 is 15.4 Å². The van der Waals surface area contributed by atoms with E-state index in [0.717, 1.165) is 35.5 Å². The molecular formula is C27H34N4O5. The normalized spacial score (nSPS) is 22.9. The van der Waals surface area contributed by atoms with Crippen LogP contribution in [0.5, 0.6) is 11.5 Å². The number of fused-ring (bicyclic) bond motifs is 5. The number of benzene rings is 2. The number of urea groups is 1. The maximum atomic E-state index is 13.1. The molecule has 2 N–H and O–H groups in total. The molecule has 2 heterocycles. The number of hydrogen-bond donors (Lipinski definition) is 2. The van der Waals surface area contributed by atoms with Gasteiger partial charge in [-0.05, 0) is 48.2 Å². The lowest BCUT2D eigenvalue weighted by atomic mass is 10.1. The Labute approximate surface area is 211 Å². The third-order valence-corrected chi connectivity index (χ3v) is 6.77. The van der Waals surface area contributed by atoms with Crippen molar-refractivity contribution in [3.05, 3.63) is 59.7 Å². The molecule has 1 saturated heterocycles. The zero-order valence-corrected chi connectivity index (χ0v) is 20.7. The fourth-order valence-corrected chi connectivity index (χ4v) is 4.79. The summed E-state index contributed by atoms with van der Waals surface area (Å²) in [7, 11) is 1.60. The van der Waals surface area contributed by atoms with E-state index < -0.39 is 0 Å². The molecule has 9 heteroatoms. The zero-order chi connectivity index (χ0) is 24.9. The van der Waals surface area contributed by atoms with Crippen LogP contribution >= 0.6 is 0 Å². The highest BCUT2D eigenvalue weighted by atomic mass is 16.5. The Bertz CT molecular complexity index is 1080. The lowest BCUT2D eigenvalue weighted by Gasteiger charge is -2.25. The van der Waals surface area contributed by atoms with Gasteiger partial charge in [-0.1, -0.05) is 24.3 Å². The van der Waals surface area contributed by atoms with Crippen molar-refractivity contribution in [2.24, 2.45) is 0 Å². The number of nitrogens with zero attached hydrogens (tertiary/aromatic N) is 2. The van der Waals surface area contributed by atoms with Crippen LogP contribution in [0.25, 0.3) is 0 Å². The zero-order valence-electron chi connectivity index (χ0n) is 20.7. The molecule has 5 rings (SSSR count). The molecular weight excluding hydrogens is 460 g/mol. The number of carbonyl (C=O) groups excluding carboxylic acids is 2. The fraction of sp³-hybridized carbons (Fsp3) is 0.481. The molecule has 192 valence electrons. The quantitative estimate of drug-likeness (QED) is 0.635. The van der Waals surface area contributed by atoms with E-state index in [9.17, 15) is 9.59 Å². The summed E-state index contributed by atoms with van der Waals surface area (Å²) in [6, 6.07) is 15.8. The third-order valence-electron chi connectivity index (χ3n) is 6.77. The first-order valence-electron chi connectivity index (χ1n) is 12.6. The fourth-order valence-electron chi connectivity index (χ4n) is 4.79. The van der Waals surface area contributed by atoms with E-state index >= 15 is 0 Å². The number of likely N-dealkylation sites (tertiary alicyclic amines) is 1. The summed E-state index contributed by atoms with van der Waals surface area (Å²) in [4.78, 5) is 29.7. The molecule has 4 bridgehead atoms. The Balaban J connectivity index is 1.36. The Kier molecular flexibility index (Phi) is 7.69. The van der Waals surface area contributed by atoms with Crippen LogP contribution in [0.4, 0.5) is 4.79 Å². The average molecular weight is 495 g/mol. The minimum Gasteiger partial charge on any atom is -0.457 e. The van der Waals surface area contributed by atoms with Gasteiger partial charge in [-0.15, -0.1) is 0 Å². The second-order valence-electron chi connectivity index (χ2n) is 9.69. The van der Waals surface area contributed by atoms with Gasteiger partial charge < -0.3 is 29.7 Å². The molecule has 1 aliphatic carbocycles. The van der Waals surface area contributed by atoms with Crippen molar-refractivity contribution in [1.29, 1.82) is 0 Å². The highest BCUT2D eigenvalue weighted by Gasteiger charge is 2.38. The van der Waals surface area contributed by atoms with Crippen LogP contribution in [-0.2, 0) is 27.4 Å².